The first-order valence-corrected chi connectivity index (χ1v) is 13.1. The van der Waals surface area contributed by atoms with Gasteiger partial charge >= 0.3 is 0 Å². The summed E-state index contributed by atoms with van der Waals surface area (Å²) in [5.74, 6) is 1.24. The van der Waals surface area contributed by atoms with Crippen LogP contribution in [0.1, 0.15) is 52.9 Å². The number of para-hydroxylation sites is 1. The largest absolute Gasteiger partial charge is 0.342 e. The second kappa shape index (κ2) is 12.4. The van der Waals surface area contributed by atoms with Crippen molar-refractivity contribution in [3.8, 4) is 0 Å². The minimum Gasteiger partial charge on any atom is -0.342 e. The molecule has 0 saturated carbocycles. The molecule has 32 heavy (non-hydrogen) atoms. The number of unbranched alkanes of at least 4 members (excludes halogenated alkanes) is 1. The second-order valence-corrected chi connectivity index (χ2v) is 9.80. The van der Waals surface area contributed by atoms with Crippen LogP contribution in [0.25, 0.3) is 10.9 Å². The highest BCUT2D eigenvalue weighted by Gasteiger charge is 2.18. The fourth-order valence-electron chi connectivity index (χ4n) is 4.22. The molecule has 3 rings (SSSR count). The maximum atomic E-state index is 13.3. The van der Waals surface area contributed by atoms with E-state index in [0.29, 0.717) is 34.9 Å². The third-order valence-electron chi connectivity index (χ3n) is 6.40. The van der Waals surface area contributed by atoms with E-state index in [2.05, 4.69) is 18.7 Å². The van der Waals surface area contributed by atoms with Gasteiger partial charge in [0, 0.05) is 19.6 Å². The monoisotopic (exact) mass is 458 g/mol. The molecular weight excluding hydrogens is 420 g/mol. The molecule has 0 radical (unpaired) electrons. The fourth-order valence-corrected chi connectivity index (χ4v) is 5.15. The number of benzene rings is 1. The summed E-state index contributed by atoms with van der Waals surface area (Å²) in [5, 5.41) is 1.30. The van der Waals surface area contributed by atoms with Crippen LogP contribution in [0.5, 0.6) is 0 Å². The Hall–Kier alpha value is -1.86. The molecule has 0 spiro atoms. The molecule has 2 aromatic rings. The summed E-state index contributed by atoms with van der Waals surface area (Å²) in [6, 6.07) is 7.51. The summed E-state index contributed by atoms with van der Waals surface area (Å²) in [6.07, 6.45) is 5.50. The fraction of sp³-hybridized carbons (Fsp3) is 0.640. The van der Waals surface area contributed by atoms with E-state index in [1.54, 1.807) is 4.57 Å². The first-order valence-electron chi connectivity index (χ1n) is 12.2. The smallest absolute Gasteiger partial charge is 0.262 e. The molecule has 0 aliphatic carbocycles. The number of aromatic nitrogens is 2. The van der Waals surface area contributed by atoms with Crippen LogP contribution >= 0.6 is 11.8 Å². The molecule has 0 unspecified atom stereocenters. The maximum absolute atomic E-state index is 13.3. The molecule has 0 atom stereocenters. The average molecular weight is 459 g/mol. The Morgan fingerprint density at radius 1 is 1.16 bits per heavy atom. The van der Waals surface area contributed by atoms with Gasteiger partial charge in [0.25, 0.3) is 5.56 Å². The van der Waals surface area contributed by atoms with Gasteiger partial charge in [0.05, 0.1) is 16.7 Å². The molecule has 6 nitrogen and oxygen atoms in total. The number of fused-ring (bicyclic) bond motifs is 1. The lowest BCUT2D eigenvalue weighted by Gasteiger charge is -2.30. The summed E-state index contributed by atoms with van der Waals surface area (Å²) in [5.41, 5.74) is 0.697. The first-order chi connectivity index (χ1) is 15.5. The number of hydrogen-bond donors (Lipinski definition) is 0. The highest BCUT2D eigenvalue weighted by atomic mass is 32.2. The van der Waals surface area contributed by atoms with E-state index in [1.807, 2.05) is 36.1 Å². The quantitative estimate of drug-likeness (QED) is 0.372. The zero-order valence-electron chi connectivity index (χ0n) is 19.9. The zero-order valence-corrected chi connectivity index (χ0v) is 20.7. The van der Waals surface area contributed by atoms with E-state index < -0.39 is 0 Å². The molecule has 1 aliphatic rings. The number of likely N-dealkylation sites (tertiary alicyclic amines) is 1. The number of piperidine rings is 1. The molecule has 1 saturated heterocycles. The van der Waals surface area contributed by atoms with Crippen molar-refractivity contribution >= 4 is 28.6 Å². The van der Waals surface area contributed by atoms with Gasteiger partial charge in [-0.05, 0) is 70.3 Å². The number of nitrogens with zero attached hydrogens (tertiary/aromatic N) is 4. The molecule has 1 aliphatic heterocycles. The second-order valence-electron chi connectivity index (χ2n) is 8.86. The third-order valence-corrected chi connectivity index (χ3v) is 7.36. The highest BCUT2D eigenvalue weighted by molar-refractivity contribution is 7.99. The van der Waals surface area contributed by atoms with Crippen molar-refractivity contribution in [3.63, 3.8) is 0 Å². The Labute approximate surface area is 196 Å². The summed E-state index contributed by atoms with van der Waals surface area (Å²) < 4.78 is 1.79. The number of thioether (sulfide) groups is 1. The van der Waals surface area contributed by atoms with Gasteiger partial charge in [-0.25, -0.2) is 4.98 Å². The predicted octanol–water partition coefficient (Wildman–Crippen LogP) is 4.26. The normalized spacial score (nSPS) is 15.3. The van der Waals surface area contributed by atoms with Crippen molar-refractivity contribution in [2.45, 2.75) is 64.6 Å². The summed E-state index contributed by atoms with van der Waals surface area (Å²) in [7, 11) is 0. The van der Waals surface area contributed by atoms with E-state index >= 15 is 0 Å². The summed E-state index contributed by atoms with van der Waals surface area (Å²) in [6.45, 7) is 11.9. The van der Waals surface area contributed by atoms with Crippen LogP contribution in [0.3, 0.4) is 0 Å². The molecule has 7 heteroatoms. The molecule has 0 N–H and O–H groups in total. The molecule has 1 fully saturated rings. The van der Waals surface area contributed by atoms with Crippen LogP contribution in [0, 0.1) is 5.92 Å². The molecule has 0 bridgehead atoms. The number of carbonyl (C=O) groups excluding carboxylic acids is 1. The van der Waals surface area contributed by atoms with Crippen LogP contribution in [-0.4, -0.2) is 63.7 Å². The van der Waals surface area contributed by atoms with E-state index in [-0.39, 0.29) is 11.5 Å². The van der Waals surface area contributed by atoms with Crippen molar-refractivity contribution < 1.29 is 4.79 Å². The van der Waals surface area contributed by atoms with E-state index in [9.17, 15) is 9.59 Å². The average Bonchev–Trinajstić information content (AvgIpc) is 2.81. The zero-order chi connectivity index (χ0) is 22.9. The van der Waals surface area contributed by atoms with Gasteiger partial charge in [0.1, 0.15) is 0 Å². The van der Waals surface area contributed by atoms with Crippen molar-refractivity contribution in [2.75, 3.05) is 38.5 Å². The SMILES string of the molecule is CCCCN(CC)C(=O)CSc1nc2ccccc2c(=O)n1CCCN1CCC(C)CC1. The van der Waals surface area contributed by atoms with Crippen molar-refractivity contribution in [1.82, 2.24) is 19.4 Å². The molecule has 1 aromatic heterocycles. The minimum atomic E-state index is -0.00357. The lowest BCUT2D eigenvalue weighted by atomic mass is 9.99. The van der Waals surface area contributed by atoms with Gasteiger partial charge in [-0.2, -0.15) is 0 Å². The Kier molecular flexibility index (Phi) is 9.60. The Morgan fingerprint density at radius 3 is 2.62 bits per heavy atom. The van der Waals surface area contributed by atoms with Crippen LogP contribution in [-0.2, 0) is 11.3 Å². The van der Waals surface area contributed by atoms with Gasteiger partial charge in [-0.15, -0.1) is 0 Å². The third kappa shape index (κ3) is 6.58. The first kappa shape index (κ1) is 24.8. The van der Waals surface area contributed by atoms with Gasteiger partial charge in [-0.3, -0.25) is 14.2 Å². The Morgan fingerprint density at radius 2 is 1.91 bits per heavy atom. The molecule has 1 aromatic carbocycles. The van der Waals surface area contributed by atoms with Gasteiger partial charge in [0.2, 0.25) is 5.91 Å². The maximum Gasteiger partial charge on any atom is 0.262 e. The highest BCUT2D eigenvalue weighted by Crippen LogP contribution is 2.20. The van der Waals surface area contributed by atoms with E-state index in [0.717, 1.165) is 51.4 Å². The van der Waals surface area contributed by atoms with Gasteiger partial charge in [0.15, 0.2) is 5.16 Å². The predicted molar refractivity (Wildman–Crippen MR) is 133 cm³/mol. The van der Waals surface area contributed by atoms with E-state index in [4.69, 9.17) is 4.98 Å². The molecular formula is C25H38N4O2S. The van der Waals surface area contributed by atoms with Gasteiger partial charge < -0.3 is 9.80 Å². The topological polar surface area (TPSA) is 58.4 Å². The lowest BCUT2D eigenvalue weighted by molar-refractivity contribution is -0.128. The summed E-state index contributed by atoms with van der Waals surface area (Å²) >= 11 is 1.39. The van der Waals surface area contributed by atoms with Crippen molar-refractivity contribution in [3.05, 3.63) is 34.6 Å². The van der Waals surface area contributed by atoms with Gasteiger partial charge in [-0.1, -0.05) is 44.2 Å². The molecule has 176 valence electrons. The number of hydrogen-bond acceptors (Lipinski definition) is 5. The number of rotatable bonds is 11. The molecule has 2 heterocycles. The van der Waals surface area contributed by atoms with Crippen LogP contribution < -0.4 is 5.56 Å². The lowest BCUT2D eigenvalue weighted by Crippen LogP contribution is -2.35. The Bertz CT molecular complexity index is 937. The number of amides is 1. The molecule has 1 amide bonds. The number of carbonyl (C=O) groups is 1. The minimum absolute atomic E-state index is 0.00357. The van der Waals surface area contributed by atoms with Crippen LogP contribution in [0.4, 0.5) is 0 Å². The van der Waals surface area contributed by atoms with Crippen LogP contribution in [0.15, 0.2) is 34.2 Å². The van der Waals surface area contributed by atoms with Crippen LogP contribution in [0.2, 0.25) is 0 Å². The standard InChI is InChI=1S/C25H38N4O2S/c1-4-6-15-28(5-2)23(30)19-32-25-26-22-11-8-7-10-21(22)24(31)29(25)16-9-14-27-17-12-20(3)13-18-27/h7-8,10-11,20H,4-6,9,12-19H2,1-3H3. The van der Waals surface area contributed by atoms with Crippen molar-refractivity contribution in [1.29, 1.82) is 0 Å². The Balaban J connectivity index is 1.72. The summed E-state index contributed by atoms with van der Waals surface area (Å²) in [4.78, 5) is 35.2. The van der Waals surface area contributed by atoms with E-state index in [1.165, 1.54) is 24.6 Å². The van der Waals surface area contributed by atoms with Crippen molar-refractivity contribution in [2.24, 2.45) is 5.92 Å².